The number of carboxylic acid groups (broad SMARTS) is 1. The van der Waals surface area contributed by atoms with Gasteiger partial charge in [-0.3, -0.25) is 4.79 Å². The number of benzene rings is 2. The molecule has 0 bridgehead atoms. The Hall–Kier alpha value is -3.74. The zero-order chi connectivity index (χ0) is 20.8. The van der Waals surface area contributed by atoms with Crippen molar-refractivity contribution in [3.05, 3.63) is 71.3 Å². The monoisotopic (exact) mass is 395 g/mol. The van der Waals surface area contributed by atoms with E-state index in [0.29, 0.717) is 29.4 Å². The van der Waals surface area contributed by atoms with E-state index >= 15 is 0 Å². The Labute approximate surface area is 168 Å². The molecule has 1 heterocycles. The Bertz CT molecular complexity index is 978. The largest absolute Gasteiger partial charge is 0.493 e. The number of hydrogen-bond donors (Lipinski definition) is 2. The molecule has 1 aliphatic heterocycles. The Morgan fingerprint density at radius 2 is 1.93 bits per heavy atom. The van der Waals surface area contributed by atoms with Crippen LogP contribution in [0.15, 0.2) is 65.7 Å². The number of Topliss-reactive ketones (excluding diaryl/α,β-unsaturated/α-hetero) is 1. The minimum absolute atomic E-state index is 0.0903. The summed E-state index contributed by atoms with van der Waals surface area (Å²) in [5.41, 5.74) is 0.775. The fraction of sp³-hybridized carbons (Fsp3) is 0.182. The Balaban J connectivity index is 1.89. The van der Waals surface area contributed by atoms with Crippen molar-refractivity contribution in [1.82, 2.24) is 0 Å². The van der Waals surface area contributed by atoms with Crippen molar-refractivity contribution >= 4 is 23.5 Å². The van der Waals surface area contributed by atoms with E-state index in [-0.39, 0.29) is 11.6 Å². The number of nitrogens with one attached hydrogen (secondary N) is 1. The van der Waals surface area contributed by atoms with Gasteiger partial charge in [-0.15, -0.1) is 0 Å². The zero-order valence-electron chi connectivity index (χ0n) is 16.1. The number of aliphatic carboxylic acids is 1. The standard InChI is InChI=1S/C22H21NO6/c1-3-11-28-17-12-14(9-10-16(17)27-2)13-18-20(24)19(22(25)26)21(29-18)23-15-7-5-4-6-8-15/h4-10,12-13,23H,3,11H2,1-2H3,(H,25,26)/b18-13-. The van der Waals surface area contributed by atoms with Crippen molar-refractivity contribution in [3.8, 4) is 11.5 Å². The Morgan fingerprint density at radius 1 is 1.17 bits per heavy atom. The first-order chi connectivity index (χ1) is 14.0. The lowest BCUT2D eigenvalue weighted by Crippen LogP contribution is -2.12. The summed E-state index contributed by atoms with van der Waals surface area (Å²) in [5, 5.41) is 12.3. The topological polar surface area (TPSA) is 94.1 Å². The summed E-state index contributed by atoms with van der Waals surface area (Å²) < 4.78 is 16.5. The highest BCUT2D eigenvalue weighted by molar-refractivity contribution is 6.26. The summed E-state index contributed by atoms with van der Waals surface area (Å²) in [7, 11) is 1.54. The van der Waals surface area contributed by atoms with Gasteiger partial charge in [0, 0.05) is 5.69 Å². The van der Waals surface area contributed by atoms with Crippen LogP contribution < -0.4 is 14.8 Å². The van der Waals surface area contributed by atoms with Crippen LogP contribution in [0.5, 0.6) is 11.5 Å². The van der Waals surface area contributed by atoms with Gasteiger partial charge >= 0.3 is 5.97 Å². The van der Waals surface area contributed by atoms with Gasteiger partial charge in [0.2, 0.25) is 11.7 Å². The molecule has 0 saturated carbocycles. The van der Waals surface area contributed by atoms with Crippen LogP contribution in [-0.2, 0) is 14.3 Å². The van der Waals surface area contributed by atoms with Crippen molar-refractivity contribution in [2.24, 2.45) is 0 Å². The van der Waals surface area contributed by atoms with E-state index in [0.717, 1.165) is 6.42 Å². The number of carboxylic acids is 1. The van der Waals surface area contributed by atoms with E-state index in [1.54, 1.807) is 49.6 Å². The van der Waals surface area contributed by atoms with E-state index < -0.39 is 17.3 Å². The molecule has 0 aliphatic carbocycles. The number of ketones is 1. The van der Waals surface area contributed by atoms with Crippen LogP contribution in [0, 0.1) is 0 Å². The molecule has 0 amide bonds. The van der Waals surface area contributed by atoms with Crippen molar-refractivity contribution in [2.45, 2.75) is 13.3 Å². The normalized spacial score (nSPS) is 14.7. The minimum atomic E-state index is -1.36. The second-order valence-electron chi connectivity index (χ2n) is 6.20. The molecule has 7 nitrogen and oxygen atoms in total. The van der Waals surface area contributed by atoms with Gasteiger partial charge in [-0.2, -0.15) is 0 Å². The fourth-order valence-electron chi connectivity index (χ4n) is 2.72. The summed E-state index contributed by atoms with van der Waals surface area (Å²) in [6, 6.07) is 14.0. The van der Waals surface area contributed by atoms with Crippen LogP contribution in [0.3, 0.4) is 0 Å². The van der Waals surface area contributed by atoms with Crippen molar-refractivity contribution in [2.75, 3.05) is 19.0 Å². The lowest BCUT2D eigenvalue weighted by Gasteiger charge is -2.11. The van der Waals surface area contributed by atoms with Crippen LogP contribution >= 0.6 is 0 Å². The number of allylic oxidation sites excluding steroid dienone is 1. The van der Waals surface area contributed by atoms with Crippen LogP contribution in [0.4, 0.5) is 5.69 Å². The molecule has 29 heavy (non-hydrogen) atoms. The molecular formula is C22H21NO6. The number of hydrogen-bond acceptors (Lipinski definition) is 6. The van der Waals surface area contributed by atoms with Gasteiger partial charge in [0.15, 0.2) is 22.8 Å². The summed E-state index contributed by atoms with van der Waals surface area (Å²) >= 11 is 0. The van der Waals surface area contributed by atoms with Crippen LogP contribution in [0.2, 0.25) is 0 Å². The predicted molar refractivity (Wildman–Crippen MR) is 108 cm³/mol. The highest BCUT2D eigenvalue weighted by Crippen LogP contribution is 2.32. The molecule has 0 atom stereocenters. The van der Waals surface area contributed by atoms with E-state index in [1.165, 1.54) is 6.08 Å². The van der Waals surface area contributed by atoms with E-state index in [2.05, 4.69) is 5.32 Å². The maximum absolute atomic E-state index is 12.6. The second-order valence-corrected chi connectivity index (χ2v) is 6.20. The number of carbonyl (C=O) groups excluding carboxylic acids is 1. The summed E-state index contributed by atoms with van der Waals surface area (Å²) in [6.07, 6.45) is 2.31. The van der Waals surface area contributed by atoms with E-state index in [9.17, 15) is 14.7 Å². The molecule has 0 saturated heterocycles. The lowest BCUT2D eigenvalue weighted by atomic mass is 10.1. The molecule has 0 radical (unpaired) electrons. The molecule has 1 aliphatic rings. The third-order valence-corrected chi connectivity index (χ3v) is 4.08. The first-order valence-electron chi connectivity index (χ1n) is 9.08. The molecule has 150 valence electrons. The molecule has 0 aromatic heterocycles. The van der Waals surface area contributed by atoms with E-state index in [4.69, 9.17) is 14.2 Å². The van der Waals surface area contributed by atoms with Gasteiger partial charge in [-0.25, -0.2) is 4.79 Å². The molecule has 2 N–H and O–H groups in total. The maximum Gasteiger partial charge on any atom is 0.345 e. The van der Waals surface area contributed by atoms with Gasteiger partial charge in [-0.1, -0.05) is 31.2 Å². The molecule has 2 aromatic rings. The fourth-order valence-corrected chi connectivity index (χ4v) is 2.72. The minimum Gasteiger partial charge on any atom is -0.493 e. The van der Waals surface area contributed by atoms with Crippen molar-refractivity contribution < 1.29 is 28.9 Å². The van der Waals surface area contributed by atoms with Gasteiger partial charge in [0.05, 0.1) is 13.7 Å². The first kappa shape index (κ1) is 20.0. The molecule has 0 unspecified atom stereocenters. The first-order valence-corrected chi connectivity index (χ1v) is 9.08. The van der Waals surface area contributed by atoms with Gasteiger partial charge < -0.3 is 24.6 Å². The summed E-state index contributed by atoms with van der Waals surface area (Å²) in [6.45, 7) is 2.51. The van der Waals surface area contributed by atoms with Crippen molar-refractivity contribution in [3.63, 3.8) is 0 Å². The summed E-state index contributed by atoms with van der Waals surface area (Å²) in [5.74, 6) is -1.18. The second kappa shape index (κ2) is 8.97. The third-order valence-electron chi connectivity index (χ3n) is 4.08. The number of carbonyl (C=O) groups is 2. The maximum atomic E-state index is 12.6. The molecule has 0 spiro atoms. The zero-order valence-corrected chi connectivity index (χ0v) is 16.1. The smallest absolute Gasteiger partial charge is 0.345 e. The molecular weight excluding hydrogens is 374 g/mol. The van der Waals surface area contributed by atoms with Gasteiger partial charge in [0.25, 0.3) is 0 Å². The molecule has 7 heteroatoms. The Kier molecular flexibility index (Phi) is 6.19. The quantitative estimate of drug-likeness (QED) is 0.518. The molecule has 2 aromatic carbocycles. The average Bonchev–Trinajstić information content (AvgIpc) is 3.02. The van der Waals surface area contributed by atoms with Crippen LogP contribution in [-0.4, -0.2) is 30.6 Å². The molecule has 0 fully saturated rings. The number of ether oxygens (including phenoxy) is 3. The van der Waals surface area contributed by atoms with Gasteiger partial charge in [-0.05, 0) is 42.3 Å². The highest BCUT2D eigenvalue weighted by Gasteiger charge is 2.35. The van der Waals surface area contributed by atoms with Crippen LogP contribution in [0.1, 0.15) is 18.9 Å². The number of rotatable bonds is 8. The van der Waals surface area contributed by atoms with Crippen molar-refractivity contribution in [1.29, 1.82) is 0 Å². The average molecular weight is 395 g/mol. The highest BCUT2D eigenvalue weighted by atomic mass is 16.5. The number of methoxy groups -OCH3 is 1. The summed E-state index contributed by atoms with van der Waals surface area (Å²) in [4.78, 5) is 24.2. The number of para-hydroxylation sites is 1. The molecule has 3 rings (SSSR count). The van der Waals surface area contributed by atoms with Gasteiger partial charge in [0.1, 0.15) is 0 Å². The number of anilines is 1. The van der Waals surface area contributed by atoms with E-state index in [1.807, 2.05) is 13.0 Å². The third kappa shape index (κ3) is 4.57. The Morgan fingerprint density at radius 3 is 2.59 bits per heavy atom. The predicted octanol–water partition coefficient (Wildman–Crippen LogP) is 3.83. The lowest BCUT2D eigenvalue weighted by molar-refractivity contribution is -0.134. The van der Waals surface area contributed by atoms with Crippen LogP contribution in [0.25, 0.3) is 6.08 Å². The SMILES string of the molecule is CCCOc1cc(/C=C2\OC(Nc3ccccc3)=C(C(=O)O)C2=O)ccc1OC.